The molecule has 0 aliphatic carbocycles. The van der Waals surface area contributed by atoms with Crippen LogP contribution in [0.4, 0.5) is 11.5 Å². The van der Waals surface area contributed by atoms with Gasteiger partial charge in [0.2, 0.25) is 0 Å². The van der Waals surface area contributed by atoms with Gasteiger partial charge in [0, 0.05) is 24.0 Å². The first-order chi connectivity index (χ1) is 12.3. The molecule has 2 aromatic heterocycles. The van der Waals surface area contributed by atoms with Crippen molar-refractivity contribution < 1.29 is 0 Å². The van der Waals surface area contributed by atoms with Gasteiger partial charge >= 0.3 is 0 Å². The summed E-state index contributed by atoms with van der Waals surface area (Å²) in [6.45, 7) is 3.24. The molecule has 0 bridgehead atoms. The summed E-state index contributed by atoms with van der Waals surface area (Å²) in [6.07, 6.45) is 13.0. The first-order valence-corrected chi connectivity index (χ1v) is 8.70. The molecule has 3 heterocycles. The van der Waals surface area contributed by atoms with Crippen LogP contribution in [0.2, 0.25) is 0 Å². The van der Waals surface area contributed by atoms with Crippen molar-refractivity contribution in [2.24, 2.45) is 0 Å². The number of H-pyrrole nitrogens is 1. The number of anilines is 2. The lowest BCUT2D eigenvalue weighted by molar-refractivity contribution is 0.221. The Hall–Kier alpha value is -2.84. The molecule has 126 valence electrons. The number of hydrogen-bond donors (Lipinski definition) is 2. The van der Waals surface area contributed by atoms with Crippen molar-refractivity contribution in [3.05, 3.63) is 47.9 Å². The number of piperidine rings is 1. The maximum absolute atomic E-state index is 5.50. The van der Waals surface area contributed by atoms with Gasteiger partial charge in [-0.15, -0.1) is 6.42 Å². The van der Waals surface area contributed by atoms with Gasteiger partial charge in [-0.1, -0.05) is 18.4 Å². The third kappa shape index (κ3) is 3.35. The van der Waals surface area contributed by atoms with E-state index in [0.29, 0.717) is 0 Å². The number of rotatable bonds is 4. The van der Waals surface area contributed by atoms with Crippen LogP contribution in [0.15, 0.2) is 36.8 Å². The van der Waals surface area contributed by atoms with Gasteiger partial charge in [0.25, 0.3) is 0 Å². The number of nitrogens with zero attached hydrogens (tertiary/aromatic N) is 3. The number of nitrogens with one attached hydrogen (secondary N) is 2. The molecule has 2 N–H and O–H groups in total. The fourth-order valence-corrected chi connectivity index (χ4v) is 3.43. The lowest BCUT2D eigenvalue weighted by Crippen LogP contribution is -2.29. The summed E-state index contributed by atoms with van der Waals surface area (Å²) in [7, 11) is 0. The van der Waals surface area contributed by atoms with E-state index in [1.807, 2.05) is 24.3 Å². The van der Waals surface area contributed by atoms with Crippen LogP contribution in [-0.4, -0.2) is 32.9 Å². The van der Waals surface area contributed by atoms with E-state index in [2.05, 4.69) is 37.3 Å². The van der Waals surface area contributed by atoms with Crippen LogP contribution >= 0.6 is 0 Å². The lowest BCUT2D eigenvalue weighted by atomic mass is 10.1. The Balaban J connectivity index is 1.66. The molecular formula is C20H21N5. The molecule has 0 amide bonds. The summed E-state index contributed by atoms with van der Waals surface area (Å²) in [5.41, 5.74) is 3.86. The summed E-state index contributed by atoms with van der Waals surface area (Å²) < 4.78 is 0. The largest absolute Gasteiger partial charge is 0.346 e. The Kier molecular flexibility index (Phi) is 4.36. The van der Waals surface area contributed by atoms with Gasteiger partial charge in [-0.3, -0.25) is 4.90 Å². The second-order valence-corrected chi connectivity index (χ2v) is 6.45. The molecule has 25 heavy (non-hydrogen) atoms. The van der Waals surface area contributed by atoms with Gasteiger partial charge < -0.3 is 10.3 Å². The van der Waals surface area contributed by atoms with Gasteiger partial charge in [0.1, 0.15) is 17.8 Å². The van der Waals surface area contributed by atoms with E-state index in [1.165, 1.54) is 24.8 Å². The maximum Gasteiger partial charge on any atom is 0.143 e. The monoisotopic (exact) mass is 331 g/mol. The smallest absolute Gasteiger partial charge is 0.143 e. The van der Waals surface area contributed by atoms with E-state index in [1.54, 1.807) is 6.33 Å². The second-order valence-electron chi connectivity index (χ2n) is 6.45. The van der Waals surface area contributed by atoms with Gasteiger partial charge in [-0.2, -0.15) is 0 Å². The van der Waals surface area contributed by atoms with Crippen LogP contribution in [0.3, 0.4) is 0 Å². The fourth-order valence-electron chi connectivity index (χ4n) is 3.43. The van der Waals surface area contributed by atoms with Crippen LogP contribution in [0.5, 0.6) is 0 Å². The van der Waals surface area contributed by atoms with Crippen molar-refractivity contribution in [1.82, 2.24) is 19.9 Å². The Bertz CT molecular complexity index is 915. The molecule has 0 unspecified atom stereocenters. The second kappa shape index (κ2) is 6.96. The fraction of sp³-hybridized carbons (Fsp3) is 0.300. The van der Waals surface area contributed by atoms with E-state index in [9.17, 15) is 0 Å². The van der Waals surface area contributed by atoms with E-state index >= 15 is 0 Å². The maximum atomic E-state index is 5.50. The Labute approximate surface area is 147 Å². The molecule has 1 saturated heterocycles. The first-order valence-electron chi connectivity index (χ1n) is 8.70. The Morgan fingerprint density at radius 3 is 2.92 bits per heavy atom. The summed E-state index contributed by atoms with van der Waals surface area (Å²) >= 11 is 0. The zero-order valence-electron chi connectivity index (χ0n) is 14.1. The molecule has 1 aliphatic heterocycles. The quantitative estimate of drug-likeness (QED) is 0.716. The zero-order chi connectivity index (χ0) is 17.1. The molecule has 5 nitrogen and oxygen atoms in total. The third-order valence-corrected chi connectivity index (χ3v) is 4.69. The van der Waals surface area contributed by atoms with Crippen molar-refractivity contribution in [3.63, 3.8) is 0 Å². The average Bonchev–Trinajstić information content (AvgIpc) is 3.07. The van der Waals surface area contributed by atoms with Crippen molar-refractivity contribution in [2.45, 2.75) is 25.8 Å². The van der Waals surface area contributed by atoms with Crippen molar-refractivity contribution >= 4 is 22.5 Å². The molecule has 0 radical (unpaired) electrons. The number of hydrogen-bond acceptors (Lipinski definition) is 4. The topological polar surface area (TPSA) is 56.8 Å². The molecular weight excluding hydrogens is 310 g/mol. The highest BCUT2D eigenvalue weighted by molar-refractivity contribution is 5.92. The van der Waals surface area contributed by atoms with Gasteiger partial charge in [0.15, 0.2) is 0 Å². The highest BCUT2D eigenvalue weighted by atomic mass is 15.1. The van der Waals surface area contributed by atoms with Crippen LogP contribution in [-0.2, 0) is 6.54 Å². The Morgan fingerprint density at radius 2 is 2.08 bits per heavy atom. The van der Waals surface area contributed by atoms with E-state index in [-0.39, 0.29) is 0 Å². The Morgan fingerprint density at radius 1 is 1.20 bits per heavy atom. The molecule has 0 atom stereocenters. The average molecular weight is 331 g/mol. The van der Waals surface area contributed by atoms with Crippen LogP contribution < -0.4 is 5.32 Å². The molecule has 0 spiro atoms. The molecule has 1 fully saturated rings. The summed E-state index contributed by atoms with van der Waals surface area (Å²) in [6, 6.07) is 7.80. The standard InChI is InChI=1S/C20H21N5/c1-2-15-7-6-8-17(11-15)24-20-18-16(12-21-19(18)22-14-23-20)13-25-9-4-3-5-10-25/h1,6-8,11-12,14H,3-5,9-10,13H2,(H2,21,22,23,24). The molecule has 4 rings (SSSR count). The van der Waals surface area contributed by atoms with Crippen molar-refractivity contribution in [2.75, 3.05) is 18.4 Å². The van der Waals surface area contributed by atoms with Crippen LogP contribution in [0.1, 0.15) is 30.4 Å². The number of aromatic amines is 1. The first kappa shape index (κ1) is 15.7. The van der Waals surface area contributed by atoms with Gasteiger partial charge in [-0.05, 0) is 49.7 Å². The molecule has 5 heteroatoms. The SMILES string of the molecule is C#Cc1cccc(Nc2ncnc3[nH]cc(CN4CCCCC4)c23)c1. The summed E-state index contributed by atoms with van der Waals surface area (Å²) in [5, 5.41) is 4.45. The predicted octanol–water partition coefficient (Wildman–Crippen LogP) is 3.67. The number of terminal acetylenes is 1. The molecule has 1 aliphatic rings. The van der Waals surface area contributed by atoms with E-state index < -0.39 is 0 Å². The van der Waals surface area contributed by atoms with Gasteiger partial charge in [0.05, 0.1) is 5.39 Å². The summed E-state index contributed by atoms with van der Waals surface area (Å²) in [4.78, 5) is 14.6. The minimum atomic E-state index is 0.812. The highest BCUT2D eigenvalue weighted by Crippen LogP contribution is 2.28. The zero-order valence-corrected chi connectivity index (χ0v) is 14.1. The number of fused-ring (bicyclic) bond motifs is 1. The van der Waals surface area contributed by atoms with E-state index in [0.717, 1.165) is 47.7 Å². The van der Waals surface area contributed by atoms with Crippen LogP contribution in [0.25, 0.3) is 11.0 Å². The molecule has 3 aromatic rings. The molecule has 0 saturated carbocycles. The van der Waals surface area contributed by atoms with Crippen molar-refractivity contribution in [1.29, 1.82) is 0 Å². The minimum absolute atomic E-state index is 0.812. The molecule has 1 aromatic carbocycles. The van der Waals surface area contributed by atoms with E-state index in [4.69, 9.17) is 6.42 Å². The summed E-state index contributed by atoms with van der Waals surface area (Å²) in [5.74, 6) is 3.48. The van der Waals surface area contributed by atoms with Crippen LogP contribution in [0, 0.1) is 12.3 Å². The lowest BCUT2D eigenvalue weighted by Gasteiger charge is -2.26. The normalized spacial score (nSPS) is 15.2. The third-order valence-electron chi connectivity index (χ3n) is 4.69. The number of benzene rings is 1. The number of likely N-dealkylation sites (tertiary alicyclic amines) is 1. The highest BCUT2D eigenvalue weighted by Gasteiger charge is 2.16. The predicted molar refractivity (Wildman–Crippen MR) is 101 cm³/mol. The minimum Gasteiger partial charge on any atom is -0.346 e. The number of aromatic nitrogens is 3. The van der Waals surface area contributed by atoms with Crippen molar-refractivity contribution in [3.8, 4) is 12.3 Å². The van der Waals surface area contributed by atoms with Gasteiger partial charge in [-0.25, -0.2) is 9.97 Å².